The summed E-state index contributed by atoms with van der Waals surface area (Å²) in [5, 5.41) is 10.2. The van der Waals surface area contributed by atoms with Crippen LogP contribution >= 0.6 is 0 Å². The van der Waals surface area contributed by atoms with Gasteiger partial charge in [0.1, 0.15) is 12.4 Å². The number of ether oxygens (including phenoxy) is 1. The van der Waals surface area contributed by atoms with Crippen LogP contribution in [0.3, 0.4) is 0 Å². The largest absolute Gasteiger partial charge is 0.487 e. The molecule has 1 heterocycles. The number of benzene rings is 2. The minimum Gasteiger partial charge on any atom is -0.487 e. The molecular formula is C23H23NO3. The number of pyridine rings is 1. The predicted octanol–water partition coefficient (Wildman–Crippen LogP) is 5.17. The third-order valence-corrected chi connectivity index (χ3v) is 5.45. The minimum absolute atomic E-state index is 0.246. The van der Waals surface area contributed by atoms with Crippen LogP contribution in [0.15, 0.2) is 60.7 Å². The molecule has 4 rings (SSSR count). The van der Waals surface area contributed by atoms with Crippen LogP contribution in [-0.4, -0.2) is 16.1 Å². The maximum atomic E-state index is 11.1. The summed E-state index contributed by atoms with van der Waals surface area (Å²) in [7, 11) is 0. The molecule has 4 nitrogen and oxygen atoms in total. The maximum absolute atomic E-state index is 11.1. The lowest BCUT2D eigenvalue weighted by molar-refractivity contribution is -0.138. The lowest BCUT2D eigenvalue weighted by atomic mass is 9.87. The zero-order chi connectivity index (χ0) is 18.6. The summed E-state index contributed by atoms with van der Waals surface area (Å²) < 4.78 is 5.89. The van der Waals surface area contributed by atoms with Gasteiger partial charge < -0.3 is 9.84 Å². The van der Waals surface area contributed by atoms with Gasteiger partial charge in [0.05, 0.1) is 11.2 Å². The number of carbonyl (C=O) groups is 1. The van der Waals surface area contributed by atoms with Crippen LogP contribution < -0.4 is 4.74 Å². The zero-order valence-corrected chi connectivity index (χ0v) is 15.2. The van der Waals surface area contributed by atoms with E-state index >= 15 is 0 Å². The molecule has 1 aliphatic carbocycles. The highest BCUT2D eigenvalue weighted by Gasteiger charge is 2.30. The van der Waals surface area contributed by atoms with Gasteiger partial charge in [0.25, 0.3) is 0 Å². The molecule has 3 aromatic rings. The van der Waals surface area contributed by atoms with Crippen LogP contribution in [0.5, 0.6) is 5.75 Å². The second kappa shape index (κ2) is 7.78. The Balaban J connectivity index is 1.40. The monoisotopic (exact) mass is 361 g/mol. The van der Waals surface area contributed by atoms with Crippen molar-refractivity contribution in [2.75, 3.05) is 0 Å². The number of aromatic nitrogens is 1. The number of rotatable bonds is 6. The molecule has 0 radical (unpaired) electrons. The highest BCUT2D eigenvalue weighted by atomic mass is 16.5. The van der Waals surface area contributed by atoms with Gasteiger partial charge in [-0.15, -0.1) is 0 Å². The first-order chi connectivity index (χ1) is 13.2. The smallest absolute Gasteiger partial charge is 0.303 e. The molecule has 1 aromatic heterocycles. The molecule has 0 amide bonds. The Kier molecular flexibility index (Phi) is 5.05. The minimum atomic E-state index is -0.699. The van der Waals surface area contributed by atoms with Gasteiger partial charge in [0.15, 0.2) is 0 Å². The summed E-state index contributed by atoms with van der Waals surface area (Å²) >= 11 is 0. The Hall–Kier alpha value is -2.88. The first kappa shape index (κ1) is 17.5. The van der Waals surface area contributed by atoms with Crippen molar-refractivity contribution in [1.82, 2.24) is 4.98 Å². The van der Waals surface area contributed by atoms with Crippen molar-refractivity contribution < 1.29 is 14.6 Å². The van der Waals surface area contributed by atoms with E-state index in [4.69, 9.17) is 9.84 Å². The van der Waals surface area contributed by atoms with Crippen molar-refractivity contribution >= 4 is 16.9 Å². The summed E-state index contributed by atoms with van der Waals surface area (Å²) in [5.74, 6) is 0.699. The molecule has 1 N–H and O–H groups in total. The third-order valence-electron chi connectivity index (χ3n) is 5.45. The number of fused-ring (bicyclic) bond motifs is 1. The maximum Gasteiger partial charge on any atom is 0.303 e. The van der Waals surface area contributed by atoms with E-state index in [2.05, 4.69) is 23.2 Å². The van der Waals surface area contributed by atoms with Crippen molar-refractivity contribution in [3.05, 3.63) is 71.9 Å². The molecule has 2 aromatic carbocycles. The fraction of sp³-hybridized carbons (Fsp3) is 0.304. The van der Waals surface area contributed by atoms with Crippen molar-refractivity contribution in [3.63, 3.8) is 0 Å². The van der Waals surface area contributed by atoms with E-state index in [-0.39, 0.29) is 12.3 Å². The summed E-state index contributed by atoms with van der Waals surface area (Å²) in [4.78, 5) is 15.7. The van der Waals surface area contributed by atoms with Crippen LogP contribution in [0.4, 0.5) is 0 Å². The molecule has 1 aliphatic rings. The summed E-state index contributed by atoms with van der Waals surface area (Å²) in [6.45, 7) is 0.426. The molecule has 0 aliphatic heterocycles. The van der Waals surface area contributed by atoms with E-state index in [0.717, 1.165) is 41.6 Å². The topological polar surface area (TPSA) is 59.4 Å². The number of hydrogen-bond acceptors (Lipinski definition) is 3. The molecule has 138 valence electrons. The van der Waals surface area contributed by atoms with Crippen molar-refractivity contribution in [2.45, 2.75) is 38.2 Å². The number of nitrogens with zero attached hydrogens (tertiary/aromatic N) is 1. The lowest BCUT2D eigenvalue weighted by Crippen LogP contribution is -2.11. The number of aliphatic carboxylic acids is 1. The standard InChI is InChI=1S/C23H23NO3/c25-23(26)14-18-5-3-6-21(18)16-9-12-20(13-10-16)27-15-19-11-8-17-4-1-2-7-22(17)24-19/h1-2,4,7-13,18,21H,3,5-6,14-15H2,(H,25,26). The van der Waals surface area contributed by atoms with Crippen molar-refractivity contribution in [1.29, 1.82) is 0 Å². The van der Waals surface area contributed by atoms with Gasteiger partial charge in [-0.1, -0.05) is 42.8 Å². The summed E-state index contributed by atoms with van der Waals surface area (Å²) in [5.41, 5.74) is 3.09. The van der Waals surface area contributed by atoms with Gasteiger partial charge in [0.2, 0.25) is 0 Å². The molecule has 1 fully saturated rings. The average Bonchev–Trinajstić information content (AvgIpc) is 3.14. The van der Waals surface area contributed by atoms with E-state index in [9.17, 15) is 4.79 Å². The first-order valence-corrected chi connectivity index (χ1v) is 9.48. The predicted molar refractivity (Wildman–Crippen MR) is 105 cm³/mol. The normalized spacial score (nSPS) is 19.3. The molecule has 27 heavy (non-hydrogen) atoms. The Labute approximate surface area is 158 Å². The first-order valence-electron chi connectivity index (χ1n) is 9.48. The summed E-state index contributed by atoms with van der Waals surface area (Å²) in [6, 6.07) is 20.2. The Morgan fingerprint density at radius 1 is 1.04 bits per heavy atom. The molecule has 1 saturated carbocycles. The van der Waals surface area contributed by atoms with E-state index in [1.807, 2.05) is 42.5 Å². The second-order valence-electron chi connectivity index (χ2n) is 7.25. The SMILES string of the molecule is O=C(O)CC1CCCC1c1ccc(OCc2ccc3ccccc3n2)cc1. The lowest BCUT2D eigenvalue weighted by Gasteiger charge is -2.18. The highest BCUT2D eigenvalue weighted by molar-refractivity contribution is 5.78. The van der Waals surface area contributed by atoms with Crippen molar-refractivity contribution in [3.8, 4) is 5.75 Å². The van der Waals surface area contributed by atoms with Crippen LogP contribution in [0.1, 0.15) is 42.9 Å². The van der Waals surface area contributed by atoms with Gasteiger partial charge in [0, 0.05) is 11.8 Å². The Morgan fingerprint density at radius 3 is 2.67 bits per heavy atom. The Bertz CT molecular complexity index is 936. The number of para-hydroxylation sites is 1. The van der Waals surface area contributed by atoms with Crippen molar-refractivity contribution in [2.24, 2.45) is 5.92 Å². The number of carboxylic acid groups (broad SMARTS) is 1. The van der Waals surface area contributed by atoms with Crippen LogP contribution in [-0.2, 0) is 11.4 Å². The van der Waals surface area contributed by atoms with Crippen LogP contribution in [0.2, 0.25) is 0 Å². The molecule has 0 saturated heterocycles. The van der Waals surface area contributed by atoms with E-state index in [0.29, 0.717) is 12.5 Å². The highest BCUT2D eigenvalue weighted by Crippen LogP contribution is 2.41. The number of hydrogen-bond donors (Lipinski definition) is 1. The van der Waals surface area contributed by atoms with Gasteiger partial charge in [-0.05, 0) is 54.5 Å². The average molecular weight is 361 g/mol. The molecule has 0 spiro atoms. The Morgan fingerprint density at radius 2 is 1.85 bits per heavy atom. The van der Waals surface area contributed by atoms with E-state index in [1.54, 1.807) is 0 Å². The molecule has 0 bridgehead atoms. The third kappa shape index (κ3) is 4.11. The van der Waals surface area contributed by atoms with Gasteiger partial charge in [-0.25, -0.2) is 4.98 Å². The van der Waals surface area contributed by atoms with Gasteiger partial charge in [-0.3, -0.25) is 4.79 Å². The van der Waals surface area contributed by atoms with E-state index < -0.39 is 5.97 Å². The van der Waals surface area contributed by atoms with Crippen LogP contribution in [0, 0.1) is 5.92 Å². The molecular weight excluding hydrogens is 338 g/mol. The molecule has 2 atom stereocenters. The van der Waals surface area contributed by atoms with E-state index in [1.165, 1.54) is 5.56 Å². The fourth-order valence-corrected chi connectivity index (χ4v) is 4.10. The quantitative estimate of drug-likeness (QED) is 0.658. The fourth-order valence-electron chi connectivity index (χ4n) is 4.10. The summed E-state index contributed by atoms with van der Waals surface area (Å²) in [6.07, 6.45) is 3.44. The van der Waals surface area contributed by atoms with Gasteiger partial charge >= 0.3 is 5.97 Å². The molecule has 4 heteroatoms. The van der Waals surface area contributed by atoms with Gasteiger partial charge in [-0.2, -0.15) is 0 Å². The molecule has 2 unspecified atom stereocenters. The zero-order valence-electron chi connectivity index (χ0n) is 15.2. The second-order valence-corrected chi connectivity index (χ2v) is 7.25. The number of carboxylic acids is 1. The van der Waals surface area contributed by atoms with Crippen LogP contribution in [0.25, 0.3) is 10.9 Å².